The van der Waals surface area contributed by atoms with E-state index >= 15 is 0 Å². The number of rotatable bonds is 13. The molecule has 0 bridgehead atoms. The summed E-state index contributed by atoms with van der Waals surface area (Å²) in [5.41, 5.74) is 0.808. The second kappa shape index (κ2) is 13.2. The fourth-order valence-electron chi connectivity index (χ4n) is 4.82. The van der Waals surface area contributed by atoms with Gasteiger partial charge in [-0.1, -0.05) is 32.6 Å². The van der Waals surface area contributed by atoms with Crippen molar-refractivity contribution in [3.8, 4) is 17.2 Å². The highest BCUT2D eigenvalue weighted by Crippen LogP contribution is 2.39. The van der Waals surface area contributed by atoms with E-state index < -0.39 is 11.6 Å². The van der Waals surface area contributed by atoms with Gasteiger partial charge in [0, 0.05) is 17.2 Å². The lowest BCUT2D eigenvalue weighted by Crippen LogP contribution is -3.00. The molecule has 198 valence electrons. The summed E-state index contributed by atoms with van der Waals surface area (Å²) >= 11 is 0. The van der Waals surface area contributed by atoms with Gasteiger partial charge in [0.05, 0.1) is 44.9 Å². The molecule has 7 heteroatoms. The summed E-state index contributed by atoms with van der Waals surface area (Å²) in [6.07, 6.45) is 9.72. The minimum Gasteiger partial charge on any atom is -1.00 e. The van der Waals surface area contributed by atoms with E-state index in [0.29, 0.717) is 17.9 Å². The molecule has 0 aliphatic heterocycles. The van der Waals surface area contributed by atoms with Gasteiger partial charge >= 0.3 is 0 Å². The summed E-state index contributed by atoms with van der Waals surface area (Å²) in [7, 11) is 4.54. The van der Waals surface area contributed by atoms with E-state index in [0.717, 1.165) is 23.9 Å². The maximum Gasteiger partial charge on any atom is 0.201 e. The molecule has 2 aromatic carbocycles. The van der Waals surface area contributed by atoms with Crippen LogP contribution in [0.4, 0.5) is 0 Å². The van der Waals surface area contributed by atoms with Gasteiger partial charge in [-0.15, -0.1) is 0 Å². The van der Waals surface area contributed by atoms with E-state index in [-0.39, 0.29) is 50.7 Å². The SMILES string of the molecule is CCCCCCCC[N+](C)(C)CCCCOc1cc(O)c2c(c1)C(=O)c1cc(C)cc(O)c1C2=O.[Br-]. The molecule has 2 N–H and O–H groups in total. The Bertz CT molecular complexity index is 1080. The third kappa shape index (κ3) is 7.32. The number of aryl methyl sites for hydroxylation is 1. The zero-order valence-corrected chi connectivity index (χ0v) is 23.6. The van der Waals surface area contributed by atoms with E-state index in [4.69, 9.17) is 4.74 Å². The van der Waals surface area contributed by atoms with Crippen molar-refractivity contribution >= 4 is 11.6 Å². The van der Waals surface area contributed by atoms with E-state index in [9.17, 15) is 19.8 Å². The number of aromatic hydroxyl groups is 2. The lowest BCUT2D eigenvalue weighted by Gasteiger charge is -2.30. The van der Waals surface area contributed by atoms with Gasteiger partial charge in [0.25, 0.3) is 0 Å². The average molecular weight is 563 g/mol. The number of ketones is 2. The van der Waals surface area contributed by atoms with Gasteiger partial charge in [0.2, 0.25) is 5.78 Å². The molecule has 0 spiro atoms. The second-order valence-corrected chi connectivity index (χ2v) is 10.4. The number of unbranched alkanes of at least 4 members (excludes halogenated alkanes) is 6. The molecule has 1 aliphatic carbocycles. The lowest BCUT2D eigenvalue weighted by molar-refractivity contribution is -0.890. The molecular formula is C29H40BrNO5. The minimum atomic E-state index is -0.554. The van der Waals surface area contributed by atoms with Crippen molar-refractivity contribution in [2.24, 2.45) is 0 Å². The molecule has 6 nitrogen and oxygen atoms in total. The van der Waals surface area contributed by atoms with Crippen LogP contribution in [0.15, 0.2) is 24.3 Å². The lowest BCUT2D eigenvalue weighted by atomic mass is 9.82. The molecular weight excluding hydrogens is 522 g/mol. The first kappa shape index (κ1) is 29.8. The molecule has 0 saturated carbocycles. The Morgan fingerprint density at radius 2 is 1.31 bits per heavy atom. The molecule has 0 saturated heterocycles. The number of quaternary nitrogens is 1. The van der Waals surface area contributed by atoms with Crippen molar-refractivity contribution in [3.63, 3.8) is 0 Å². The molecule has 0 fully saturated rings. The number of halogens is 1. The first-order chi connectivity index (χ1) is 16.6. The summed E-state index contributed by atoms with van der Waals surface area (Å²) in [5.74, 6) is -1.15. The molecule has 0 amide bonds. The quantitative estimate of drug-likeness (QED) is 0.247. The highest BCUT2D eigenvalue weighted by molar-refractivity contribution is 6.30. The number of carbonyl (C=O) groups excluding carboxylic acids is 2. The Labute approximate surface area is 225 Å². The van der Waals surface area contributed by atoms with Crippen LogP contribution in [0.5, 0.6) is 17.2 Å². The third-order valence-electron chi connectivity index (χ3n) is 6.84. The van der Waals surface area contributed by atoms with Crippen LogP contribution >= 0.6 is 0 Å². The maximum absolute atomic E-state index is 13.1. The Hall–Kier alpha value is -2.38. The number of hydrogen-bond acceptors (Lipinski definition) is 5. The highest BCUT2D eigenvalue weighted by atomic mass is 79.9. The van der Waals surface area contributed by atoms with Crippen molar-refractivity contribution in [1.82, 2.24) is 0 Å². The first-order valence-corrected chi connectivity index (χ1v) is 12.9. The minimum absolute atomic E-state index is 0. The number of carbonyl (C=O) groups is 2. The van der Waals surface area contributed by atoms with Crippen molar-refractivity contribution in [2.45, 2.75) is 65.2 Å². The van der Waals surface area contributed by atoms with Crippen LogP contribution in [-0.2, 0) is 0 Å². The van der Waals surface area contributed by atoms with Gasteiger partial charge in [-0.05, 0) is 56.4 Å². The predicted molar refractivity (Wildman–Crippen MR) is 138 cm³/mol. The first-order valence-electron chi connectivity index (χ1n) is 12.9. The monoisotopic (exact) mass is 561 g/mol. The number of phenolic OH excluding ortho intramolecular Hbond substituents is 2. The topological polar surface area (TPSA) is 83.8 Å². The van der Waals surface area contributed by atoms with Crippen LogP contribution in [0, 0.1) is 6.92 Å². The Balaban J connectivity index is 0.00000456. The fraction of sp³-hybridized carbons (Fsp3) is 0.517. The summed E-state index contributed by atoms with van der Waals surface area (Å²) in [6.45, 7) is 6.70. The van der Waals surface area contributed by atoms with Crippen LogP contribution < -0.4 is 21.7 Å². The maximum atomic E-state index is 13.1. The number of fused-ring (bicyclic) bond motifs is 2. The Morgan fingerprint density at radius 1 is 0.750 bits per heavy atom. The smallest absolute Gasteiger partial charge is 0.201 e. The molecule has 0 unspecified atom stereocenters. The Kier molecular flexibility index (Phi) is 11.0. The Morgan fingerprint density at radius 3 is 1.97 bits per heavy atom. The van der Waals surface area contributed by atoms with Crippen LogP contribution in [-0.4, -0.2) is 60.1 Å². The van der Waals surface area contributed by atoms with E-state index in [1.807, 2.05) is 0 Å². The molecule has 2 aromatic rings. The van der Waals surface area contributed by atoms with Crippen molar-refractivity contribution < 1.29 is 46.0 Å². The standard InChI is InChI=1S/C29H39NO5.BrH/c1-5-6-7-8-9-10-13-30(3,4)14-11-12-15-35-21-18-23-27(25(32)19-21)29(34)26-22(28(23)33)16-20(2)17-24(26)31;/h16-19H,5-15H2,1-4H3,(H-,31,32,34);1H. The van der Waals surface area contributed by atoms with Crippen LogP contribution in [0.1, 0.15) is 95.7 Å². The van der Waals surface area contributed by atoms with Crippen LogP contribution in [0.2, 0.25) is 0 Å². The van der Waals surface area contributed by atoms with Gasteiger partial charge in [-0.2, -0.15) is 0 Å². The zero-order chi connectivity index (χ0) is 25.6. The molecule has 0 aromatic heterocycles. The van der Waals surface area contributed by atoms with Gasteiger partial charge in [0.15, 0.2) is 5.78 Å². The molecule has 0 atom stereocenters. The van der Waals surface area contributed by atoms with E-state index in [1.54, 1.807) is 13.0 Å². The fourth-order valence-corrected chi connectivity index (χ4v) is 4.82. The van der Waals surface area contributed by atoms with Crippen LogP contribution in [0.25, 0.3) is 0 Å². The molecule has 1 aliphatic rings. The van der Waals surface area contributed by atoms with Gasteiger partial charge in [0.1, 0.15) is 17.2 Å². The third-order valence-corrected chi connectivity index (χ3v) is 6.84. The number of ether oxygens (including phenoxy) is 1. The van der Waals surface area contributed by atoms with Crippen molar-refractivity contribution in [1.29, 1.82) is 0 Å². The molecule has 0 heterocycles. The highest BCUT2D eigenvalue weighted by Gasteiger charge is 2.35. The molecule has 36 heavy (non-hydrogen) atoms. The summed E-state index contributed by atoms with van der Waals surface area (Å²) in [4.78, 5) is 26.0. The number of benzene rings is 2. The second-order valence-electron chi connectivity index (χ2n) is 10.4. The number of hydrogen-bond donors (Lipinski definition) is 2. The van der Waals surface area contributed by atoms with Crippen molar-refractivity contribution in [2.75, 3.05) is 33.8 Å². The largest absolute Gasteiger partial charge is 1.00 e. The average Bonchev–Trinajstić information content (AvgIpc) is 2.78. The summed E-state index contributed by atoms with van der Waals surface area (Å²) < 4.78 is 6.84. The number of nitrogens with zero attached hydrogens (tertiary/aromatic N) is 1. The van der Waals surface area contributed by atoms with E-state index in [1.165, 1.54) is 63.3 Å². The van der Waals surface area contributed by atoms with Crippen molar-refractivity contribution in [3.05, 3.63) is 52.1 Å². The normalized spacial score (nSPS) is 12.7. The van der Waals surface area contributed by atoms with Crippen LogP contribution in [0.3, 0.4) is 0 Å². The van der Waals surface area contributed by atoms with Gasteiger partial charge in [-0.25, -0.2) is 0 Å². The van der Waals surface area contributed by atoms with Gasteiger partial charge < -0.3 is 36.4 Å². The molecule has 3 rings (SSSR count). The number of phenols is 2. The predicted octanol–water partition coefficient (Wildman–Crippen LogP) is 2.78. The van der Waals surface area contributed by atoms with Gasteiger partial charge in [-0.3, -0.25) is 9.59 Å². The summed E-state index contributed by atoms with van der Waals surface area (Å²) in [6, 6.07) is 5.93. The zero-order valence-electron chi connectivity index (χ0n) is 22.0. The summed E-state index contributed by atoms with van der Waals surface area (Å²) in [5, 5.41) is 20.8. The van der Waals surface area contributed by atoms with E-state index in [2.05, 4.69) is 21.0 Å². The molecule has 0 radical (unpaired) electrons.